The fourth-order valence-electron chi connectivity index (χ4n) is 4.23. The van der Waals surface area contributed by atoms with Crippen LogP contribution in [0.15, 0.2) is 0 Å². The molecule has 6 aliphatic rings. The lowest BCUT2D eigenvalue weighted by Gasteiger charge is -2.08. The quantitative estimate of drug-likeness (QED) is 0.402. The van der Waals surface area contributed by atoms with Gasteiger partial charge >= 0.3 is 0 Å². The molecule has 0 aromatic carbocycles. The summed E-state index contributed by atoms with van der Waals surface area (Å²) < 4.78 is 10.0. The minimum Gasteiger partial charge on any atom is -0.381 e. The zero-order chi connectivity index (χ0) is 24.0. The summed E-state index contributed by atoms with van der Waals surface area (Å²) in [5, 5.41) is 13.1. The van der Waals surface area contributed by atoms with Gasteiger partial charge in [0.1, 0.15) is 0 Å². The van der Waals surface area contributed by atoms with Crippen LogP contribution in [0, 0.1) is 0 Å². The maximum Gasteiger partial charge on any atom is 0.0466 e. The summed E-state index contributed by atoms with van der Waals surface area (Å²) in [6, 6.07) is 0. The number of piperidine rings is 3. The van der Waals surface area contributed by atoms with E-state index in [1.807, 2.05) is 0 Å². The SMILES string of the molecule is C1CCNC1.C1CCNCC1.C1CCNCC1.C1CCNCC1.C1CCOC1.C1CCOCC1. The smallest absolute Gasteiger partial charge is 0.0466 e. The van der Waals surface area contributed by atoms with Gasteiger partial charge in [0.25, 0.3) is 0 Å². The highest BCUT2D eigenvalue weighted by Crippen LogP contribution is 2.02. The predicted octanol–water partition coefficient (Wildman–Crippen LogP) is 4.63. The highest BCUT2D eigenvalue weighted by atomic mass is 16.5. The molecule has 0 saturated carbocycles. The van der Waals surface area contributed by atoms with E-state index < -0.39 is 0 Å². The van der Waals surface area contributed by atoms with Gasteiger partial charge in [0.05, 0.1) is 0 Å². The third kappa shape index (κ3) is 26.4. The molecule has 6 nitrogen and oxygen atoms in total. The first kappa shape index (κ1) is 31.8. The standard InChI is InChI=1S/3C5H11N.C5H10O.C4H9N.C4H8O/c4*1-2-4-6-5-3-1;2*1-2-4-5-3-1/h3*6H,1-5H2;1-5H2;5H,1-4H2;1-4H2. The van der Waals surface area contributed by atoms with E-state index in [4.69, 9.17) is 9.47 Å². The average molecular weight is 485 g/mol. The van der Waals surface area contributed by atoms with E-state index in [1.54, 1.807) is 0 Å². The maximum absolute atomic E-state index is 5.07. The molecule has 6 fully saturated rings. The van der Waals surface area contributed by atoms with Gasteiger partial charge in [0, 0.05) is 26.4 Å². The number of rotatable bonds is 0. The molecule has 6 heterocycles. The number of nitrogens with one attached hydrogen (secondary N) is 4. The average Bonchev–Trinajstić information content (AvgIpc) is 3.74. The van der Waals surface area contributed by atoms with E-state index in [0.29, 0.717) is 0 Å². The van der Waals surface area contributed by atoms with Gasteiger partial charge in [-0.3, -0.25) is 0 Å². The number of hydrogen-bond donors (Lipinski definition) is 4. The molecule has 0 spiro atoms. The Morgan fingerprint density at radius 3 is 0.559 bits per heavy atom. The Balaban J connectivity index is 0.000000204. The molecule has 4 N–H and O–H groups in total. The molecule has 6 saturated heterocycles. The molecule has 6 heteroatoms. The summed E-state index contributed by atoms with van der Waals surface area (Å²) in [5.74, 6) is 0. The fourth-order valence-corrected chi connectivity index (χ4v) is 4.23. The van der Waals surface area contributed by atoms with Gasteiger partial charge in [0.2, 0.25) is 0 Å². The van der Waals surface area contributed by atoms with Crippen LogP contribution in [0.5, 0.6) is 0 Å². The zero-order valence-corrected chi connectivity index (χ0v) is 22.6. The van der Waals surface area contributed by atoms with Crippen molar-refractivity contribution in [1.82, 2.24) is 21.3 Å². The van der Waals surface area contributed by atoms with Gasteiger partial charge in [-0.2, -0.15) is 0 Å². The fraction of sp³-hybridized carbons (Fsp3) is 1.00. The van der Waals surface area contributed by atoms with E-state index >= 15 is 0 Å². The lowest BCUT2D eigenvalue weighted by atomic mass is 10.2. The third-order valence-electron chi connectivity index (χ3n) is 6.48. The van der Waals surface area contributed by atoms with Gasteiger partial charge < -0.3 is 30.7 Å². The monoisotopic (exact) mass is 484 g/mol. The summed E-state index contributed by atoms with van der Waals surface area (Å²) in [4.78, 5) is 0. The Kier molecular flexibility index (Phi) is 27.1. The van der Waals surface area contributed by atoms with Crippen molar-refractivity contribution in [3.05, 3.63) is 0 Å². The molecule has 34 heavy (non-hydrogen) atoms. The Labute approximate surface area is 212 Å². The first-order valence-electron chi connectivity index (χ1n) is 15.0. The molecular weight excluding hydrogens is 424 g/mol. The molecule has 0 aromatic heterocycles. The Hall–Kier alpha value is -0.240. The second-order valence-corrected chi connectivity index (χ2v) is 9.88. The lowest BCUT2D eigenvalue weighted by Crippen LogP contribution is -2.21. The van der Waals surface area contributed by atoms with Crippen LogP contribution in [-0.2, 0) is 9.47 Å². The maximum atomic E-state index is 5.07. The molecule has 6 aliphatic heterocycles. The van der Waals surface area contributed by atoms with Gasteiger partial charge in [0.15, 0.2) is 0 Å². The van der Waals surface area contributed by atoms with E-state index in [-0.39, 0.29) is 0 Å². The van der Waals surface area contributed by atoms with Crippen LogP contribution in [0.3, 0.4) is 0 Å². The van der Waals surface area contributed by atoms with E-state index in [1.165, 1.54) is 155 Å². The van der Waals surface area contributed by atoms with Gasteiger partial charge in [-0.25, -0.2) is 0 Å². The minimum atomic E-state index is 1.00. The van der Waals surface area contributed by atoms with Crippen LogP contribution in [0.4, 0.5) is 0 Å². The van der Waals surface area contributed by atoms with E-state index in [2.05, 4.69) is 21.3 Å². The van der Waals surface area contributed by atoms with Gasteiger partial charge in [-0.05, 0) is 136 Å². The Morgan fingerprint density at radius 1 is 0.235 bits per heavy atom. The molecule has 0 amide bonds. The van der Waals surface area contributed by atoms with Gasteiger partial charge in [-0.15, -0.1) is 0 Å². The number of hydrogen-bond acceptors (Lipinski definition) is 6. The van der Waals surface area contributed by atoms with Crippen molar-refractivity contribution in [2.45, 2.75) is 103 Å². The lowest BCUT2D eigenvalue weighted by molar-refractivity contribution is 0.0968. The summed E-state index contributed by atoms with van der Waals surface area (Å²) in [6.45, 7) is 14.0. The molecule has 0 atom stereocenters. The third-order valence-corrected chi connectivity index (χ3v) is 6.48. The molecule has 0 aromatic rings. The summed E-state index contributed by atoms with van der Waals surface area (Å²) >= 11 is 0. The van der Waals surface area contributed by atoms with Crippen molar-refractivity contribution in [2.24, 2.45) is 0 Å². The van der Waals surface area contributed by atoms with Crippen molar-refractivity contribution in [2.75, 3.05) is 78.8 Å². The topological polar surface area (TPSA) is 66.6 Å². The second kappa shape index (κ2) is 29.0. The van der Waals surface area contributed by atoms with Gasteiger partial charge in [-0.1, -0.05) is 19.3 Å². The van der Waals surface area contributed by atoms with Crippen molar-refractivity contribution >= 4 is 0 Å². The first-order chi connectivity index (χ1) is 17.0. The van der Waals surface area contributed by atoms with Crippen molar-refractivity contribution in [1.29, 1.82) is 0 Å². The highest BCUT2D eigenvalue weighted by Gasteiger charge is 1.96. The molecule has 0 unspecified atom stereocenters. The zero-order valence-electron chi connectivity index (χ0n) is 22.6. The Morgan fingerprint density at radius 2 is 0.441 bits per heavy atom. The molecule has 6 rings (SSSR count). The first-order valence-corrected chi connectivity index (χ1v) is 15.0. The summed E-state index contributed by atoms with van der Waals surface area (Å²) in [6.07, 6.45) is 21.9. The Bertz CT molecular complexity index is 231. The van der Waals surface area contributed by atoms with Crippen LogP contribution in [0.2, 0.25) is 0 Å². The normalized spacial score (nSPS) is 24.0. The highest BCUT2D eigenvalue weighted by molar-refractivity contribution is 4.57. The summed E-state index contributed by atoms with van der Waals surface area (Å²) in [7, 11) is 0. The largest absolute Gasteiger partial charge is 0.381 e. The van der Waals surface area contributed by atoms with Crippen molar-refractivity contribution in [3.63, 3.8) is 0 Å². The van der Waals surface area contributed by atoms with Crippen LogP contribution in [0.1, 0.15) is 103 Å². The van der Waals surface area contributed by atoms with Crippen molar-refractivity contribution < 1.29 is 9.47 Å². The van der Waals surface area contributed by atoms with Crippen LogP contribution in [0.25, 0.3) is 0 Å². The number of ether oxygens (including phenoxy) is 2. The minimum absolute atomic E-state index is 1.00. The predicted molar refractivity (Wildman–Crippen MR) is 147 cm³/mol. The van der Waals surface area contributed by atoms with Crippen LogP contribution in [-0.4, -0.2) is 78.8 Å². The molecule has 204 valence electrons. The van der Waals surface area contributed by atoms with Crippen LogP contribution < -0.4 is 21.3 Å². The second-order valence-electron chi connectivity index (χ2n) is 9.88. The molecular formula is C28H60N4O2. The van der Waals surface area contributed by atoms with Crippen molar-refractivity contribution in [3.8, 4) is 0 Å². The van der Waals surface area contributed by atoms with E-state index in [0.717, 1.165) is 26.4 Å². The van der Waals surface area contributed by atoms with E-state index in [9.17, 15) is 0 Å². The molecule has 0 radical (unpaired) electrons. The van der Waals surface area contributed by atoms with Crippen LogP contribution >= 0.6 is 0 Å². The molecule has 0 aliphatic carbocycles. The summed E-state index contributed by atoms with van der Waals surface area (Å²) in [5.41, 5.74) is 0. The molecule has 0 bridgehead atoms.